The lowest BCUT2D eigenvalue weighted by molar-refractivity contribution is -0.338. The summed E-state index contributed by atoms with van der Waals surface area (Å²) in [5.74, 6) is 0. The van der Waals surface area contributed by atoms with Crippen molar-refractivity contribution in [2.75, 3.05) is 24.4 Å². The molecule has 0 bridgehead atoms. The van der Waals surface area contributed by atoms with Crippen molar-refractivity contribution >= 4 is 38.6 Å². The second kappa shape index (κ2) is 9.85. The minimum Gasteiger partial charge on any atom is -0.369 e. The molecule has 1 N–H and O–H groups in total. The van der Waals surface area contributed by atoms with Crippen molar-refractivity contribution in [3.05, 3.63) is 70.8 Å². The van der Waals surface area contributed by atoms with E-state index in [2.05, 4.69) is 5.10 Å². The molecule has 0 saturated heterocycles. The van der Waals surface area contributed by atoms with Crippen molar-refractivity contribution in [2.45, 2.75) is 36.8 Å². The van der Waals surface area contributed by atoms with Gasteiger partial charge in [0, 0.05) is 19.5 Å². The van der Waals surface area contributed by atoms with Crippen LogP contribution in [0.25, 0.3) is 5.57 Å². The van der Waals surface area contributed by atoms with Crippen molar-refractivity contribution in [1.29, 1.82) is 0 Å². The van der Waals surface area contributed by atoms with E-state index in [4.69, 9.17) is 11.6 Å². The second-order valence-electron chi connectivity index (χ2n) is 8.99. The molecule has 1 unspecified atom stereocenters. The monoisotopic (exact) mass is 581 g/mol. The molecule has 206 valence electrons. The number of rotatable bonds is 5. The fraction of sp³-hybridized carbons (Fsp3) is 0.375. The van der Waals surface area contributed by atoms with Crippen LogP contribution in [-0.2, 0) is 10.0 Å². The third-order valence-corrected chi connectivity index (χ3v) is 8.14. The third kappa shape index (κ3) is 5.16. The number of hydrogen-bond acceptors (Lipinski definition) is 5. The Morgan fingerprint density at radius 3 is 2.11 bits per heavy atom. The highest BCUT2D eigenvalue weighted by Crippen LogP contribution is 2.49. The van der Waals surface area contributed by atoms with Crippen LogP contribution in [0.3, 0.4) is 0 Å². The minimum absolute atomic E-state index is 0.0458. The molecule has 2 heterocycles. The van der Waals surface area contributed by atoms with Crippen molar-refractivity contribution in [3.63, 3.8) is 0 Å². The largest absolute Gasteiger partial charge is 0.431 e. The number of hydrogen-bond donors (Lipinski definition) is 1. The van der Waals surface area contributed by atoms with Gasteiger partial charge in [0.05, 0.1) is 28.7 Å². The summed E-state index contributed by atoms with van der Waals surface area (Å²) in [6.45, 7) is 0.462. The molecule has 1 atom stereocenters. The number of aliphatic hydroxyl groups is 1. The first-order chi connectivity index (χ1) is 17.5. The van der Waals surface area contributed by atoms with Crippen molar-refractivity contribution in [3.8, 4) is 0 Å². The molecule has 14 heteroatoms. The van der Waals surface area contributed by atoms with Gasteiger partial charge in [-0.25, -0.2) is 8.42 Å². The van der Waals surface area contributed by atoms with Gasteiger partial charge in [-0.15, -0.1) is 0 Å². The average molecular weight is 582 g/mol. The molecule has 6 nitrogen and oxygen atoms in total. The number of alkyl halides is 6. The molecule has 4 rings (SSSR count). The standard InChI is InChI=1S/C24H22ClF6N3O3S/c1-38(36,37)33-12-10-16(11-13-33)15-6-8-17(9-7-15)20-14-21(22(35,23(26,27)28)24(29,30)31)32-34(20)19-5-3-2-4-18(19)25/h2-10,20,35H,11-14H2,1H3. The highest BCUT2D eigenvalue weighted by molar-refractivity contribution is 7.88. The number of benzene rings is 2. The lowest BCUT2D eigenvalue weighted by Gasteiger charge is -2.32. The lowest BCUT2D eigenvalue weighted by Crippen LogP contribution is -2.62. The summed E-state index contributed by atoms with van der Waals surface area (Å²) >= 11 is 6.20. The van der Waals surface area contributed by atoms with Crippen LogP contribution >= 0.6 is 11.6 Å². The Morgan fingerprint density at radius 2 is 1.61 bits per heavy atom. The Bertz CT molecular complexity index is 1360. The number of para-hydroxylation sites is 1. The minimum atomic E-state index is -6.07. The molecule has 0 aliphatic carbocycles. The van der Waals surface area contributed by atoms with Gasteiger partial charge in [0.1, 0.15) is 0 Å². The molecule has 0 saturated carbocycles. The van der Waals surface area contributed by atoms with Crippen LogP contribution in [-0.4, -0.2) is 60.8 Å². The zero-order valence-corrected chi connectivity index (χ0v) is 21.3. The zero-order valence-electron chi connectivity index (χ0n) is 19.8. The SMILES string of the molecule is CS(=O)(=O)N1CC=C(c2ccc(C3CC(C(O)(C(F)(F)F)C(F)(F)F)=NN3c3ccccc3Cl)cc2)CC1. The summed E-state index contributed by atoms with van der Waals surface area (Å²) < 4.78 is 106. The summed E-state index contributed by atoms with van der Waals surface area (Å²) in [4.78, 5) is 0. The van der Waals surface area contributed by atoms with E-state index in [1.54, 1.807) is 36.4 Å². The van der Waals surface area contributed by atoms with Crippen LogP contribution in [0.5, 0.6) is 0 Å². The van der Waals surface area contributed by atoms with Crippen molar-refractivity contribution in [2.24, 2.45) is 5.10 Å². The maximum absolute atomic E-state index is 13.6. The van der Waals surface area contributed by atoms with Crippen LogP contribution in [0.2, 0.25) is 5.02 Å². The first-order valence-electron chi connectivity index (χ1n) is 11.3. The summed E-state index contributed by atoms with van der Waals surface area (Å²) in [7, 11) is -3.34. The maximum Gasteiger partial charge on any atom is 0.431 e. The summed E-state index contributed by atoms with van der Waals surface area (Å²) in [6, 6.07) is 11.1. The Labute approximate surface area is 219 Å². The lowest BCUT2D eigenvalue weighted by atomic mass is 9.89. The molecule has 2 aromatic carbocycles. The summed E-state index contributed by atoms with van der Waals surface area (Å²) in [6.07, 6.45) is -9.71. The Kier molecular flexibility index (Phi) is 7.36. The highest BCUT2D eigenvalue weighted by atomic mass is 35.5. The quantitative estimate of drug-likeness (QED) is 0.470. The van der Waals surface area contributed by atoms with Crippen molar-refractivity contribution < 1.29 is 39.9 Å². The van der Waals surface area contributed by atoms with E-state index < -0.39 is 46.2 Å². The predicted molar refractivity (Wildman–Crippen MR) is 131 cm³/mol. The molecule has 0 radical (unpaired) electrons. The van der Waals surface area contributed by atoms with Gasteiger partial charge in [0.15, 0.2) is 0 Å². The molecular formula is C24H22ClF6N3O3S. The average Bonchev–Trinajstić information content (AvgIpc) is 3.27. The summed E-state index contributed by atoms with van der Waals surface area (Å²) in [5, 5.41) is 14.6. The van der Waals surface area contributed by atoms with E-state index in [0.717, 1.165) is 22.4 Å². The van der Waals surface area contributed by atoms with E-state index in [-0.39, 0.29) is 23.8 Å². The number of sulfonamides is 1. The first-order valence-corrected chi connectivity index (χ1v) is 13.5. The molecule has 0 spiro atoms. The van der Waals surface area contributed by atoms with Gasteiger partial charge in [0.25, 0.3) is 5.60 Å². The fourth-order valence-corrected chi connectivity index (χ4v) is 5.46. The predicted octanol–water partition coefficient (Wildman–Crippen LogP) is 5.55. The number of anilines is 1. The Morgan fingerprint density at radius 1 is 1.00 bits per heavy atom. The van der Waals surface area contributed by atoms with E-state index in [1.807, 2.05) is 0 Å². The second-order valence-corrected chi connectivity index (χ2v) is 11.4. The van der Waals surface area contributed by atoms with Crippen LogP contribution in [0, 0.1) is 0 Å². The van der Waals surface area contributed by atoms with Crippen LogP contribution in [0.1, 0.15) is 30.0 Å². The van der Waals surface area contributed by atoms with Crippen LogP contribution < -0.4 is 5.01 Å². The van der Waals surface area contributed by atoms with E-state index in [1.165, 1.54) is 22.5 Å². The van der Waals surface area contributed by atoms with Gasteiger partial charge in [-0.05, 0) is 35.3 Å². The van der Waals surface area contributed by atoms with Gasteiger partial charge < -0.3 is 5.11 Å². The highest BCUT2D eigenvalue weighted by Gasteiger charge is 2.74. The van der Waals surface area contributed by atoms with Gasteiger partial charge in [-0.3, -0.25) is 5.01 Å². The normalized spacial score (nSPS) is 19.9. The Hall–Kier alpha value is -2.61. The van der Waals surface area contributed by atoms with E-state index in [9.17, 15) is 39.9 Å². The van der Waals surface area contributed by atoms with E-state index >= 15 is 0 Å². The first kappa shape index (κ1) is 28.4. The van der Waals surface area contributed by atoms with Gasteiger partial charge >= 0.3 is 12.4 Å². The molecular weight excluding hydrogens is 560 g/mol. The molecule has 0 aromatic heterocycles. The molecule has 0 amide bonds. The van der Waals surface area contributed by atoms with Crippen LogP contribution in [0.4, 0.5) is 32.0 Å². The van der Waals surface area contributed by atoms with Crippen LogP contribution in [0.15, 0.2) is 59.7 Å². The molecule has 2 aliphatic rings. The molecule has 0 fully saturated rings. The smallest absolute Gasteiger partial charge is 0.369 e. The number of nitrogens with zero attached hydrogens (tertiary/aromatic N) is 3. The molecule has 2 aromatic rings. The maximum atomic E-state index is 13.6. The van der Waals surface area contributed by atoms with Gasteiger partial charge in [-0.2, -0.15) is 35.7 Å². The van der Waals surface area contributed by atoms with Gasteiger partial charge in [-0.1, -0.05) is 54.1 Å². The van der Waals surface area contributed by atoms with E-state index in [0.29, 0.717) is 12.0 Å². The van der Waals surface area contributed by atoms with Crippen molar-refractivity contribution in [1.82, 2.24) is 4.31 Å². The number of hydrazone groups is 1. The Balaban J connectivity index is 1.70. The zero-order chi connectivity index (χ0) is 28.1. The topological polar surface area (TPSA) is 73.2 Å². The fourth-order valence-electron chi connectivity index (χ4n) is 4.47. The molecule has 2 aliphatic heterocycles. The number of halogens is 7. The summed E-state index contributed by atoms with van der Waals surface area (Å²) in [5.41, 5.74) is -4.65. The van der Waals surface area contributed by atoms with Gasteiger partial charge in [0.2, 0.25) is 10.0 Å². The third-order valence-electron chi connectivity index (χ3n) is 6.55. The molecule has 38 heavy (non-hydrogen) atoms.